The third-order valence-corrected chi connectivity index (χ3v) is 5.01. The monoisotopic (exact) mass is 411 g/mol. The number of nitrogens with one attached hydrogen (secondary N) is 1. The van der Waals surface area contributed by atoms with Crippen LogP contribution in [0.3, 0.4) is 0 Å². The number of carboxylic acids is 1. The van der Waals surface area contributed by atoms with Crippen LogP contribution in [0.1, 0.15) is 17.5 Å². The van der Waals surface area contributed by atoms with Gasteiger partial charge in [-0.15, -0.1) is 0 Å². The summed E-state index contributed by atoms with van der Waals surface area (Å²) in [5.41, 5.74) is 3.57. The van der Waals surface area contributed by atoms with Gasteiger partial charge in [0.1, 0.15) is 11.6 Å². The summed E-state index contributed by atoms with van der Waals surface area (Å²) in [7, 11) is 0. The molecule has 0 saturated heterocycles. The number of hydrogen-bond acceptors (Lipinski definition) is 7. The first-order valence-corrected chi connectivity index (χ1v) is 9.74. The van der Waals surface area contributed by atoms with Crippen LogP contribution in [-0.2, 0) is 17.6 Å². The largest absolute Gasteiger partial charge is 1.00 e. The van der Waals surface area contributed by atoms with E-state index in [2.05, 4.69) is 44.5 Å². The van der Waals surface area contributed by atoms with Gasteiger partial charge in [0, 0.05) is 56.0 Å². The molecular weight excluding hydrogens is 389 g/mol. The molecule has 1 aliphatic rings. The van der Waals surface area contributed by atoms with E-state index in [1.165, 1.54) is 11.1 Å². The normalized spacial score (nSPS) is 13.0. The van der Waals surface area contributed by atoms with Gasteiger partial charge in [-0.2, -0.15) is 0 Å². The van der Waals surface area contributed by atoms with Crippen molar-refractivity contribution in [3.05, 3.63) is 66.0 Å². The zero-order valence-corrected chi connectivity index (χ0v) is 19.0. The fraction of sp³-hybridized carbons (Fsp3) is 0.273. The SMILES string of the molecule is O=C([O-])CCNc1cc(N2CCc3ccccc3CC2)nc(-c2cccnc2)n1.[Na+]. The van der Waals surface area contributed by atoms with Gasteiger partial charge in [0.15, 0.2) is 5.82 Å². The Morgan fingerprint density at radius 3 is 2.43 bits per heavy atom. The second kappa shape index (κ2) is 10.5. The van der Waals surface area contributed by atoms with E-state index in [4.69, 9.17) is 4.98 Å². The molecule has 0 aliphatic carbocycles. The van der Waals surface area contributed by atoms with E-state index in [0.717, 1.165) is 37.3 Å². The van der Waals surface area contributed by atoms with Crippen molar-refractivity contribution in [2.45, 2.75) is 19.3 Å². The van der Waals surface area contributed by atoms with E-state index < -0.39 is 5.97 Å². The second-order valence-corrected chi connectivity index (χ2v) is 6.98. The van der Waals surface area contributed by atoms with Crippen LogP contribution in [0.4, 0.5) is 11.6 Å². The number of aromatic nitrogens is 3. The average Bonchev–Trinajstić information content (AvgIpc) is 2.97. The van der Waals surface area contributed by atoms with Gasteiger partial charge >= 0.3 is 29.6 Å². The summed E-state index contributed by atoms with van der Waals surface area (Å²) in [5, 5.41) is 13.8. The molecule has 0 spiro atoms. The number of rotatable bonds is 6. The predicted octanol–water partition coefficient (Wildman–Crippen LogP) is -1.30. The van der Waals surface area contributed by atoms with E-state index in [0.29, 0.717) is 11.6 Å². The Balaban J connectivity index is 0.00000256. The number of pyridine rings is 1. The molecule has 0 unspecified atom stereocenters. The first kappa shape index (κ1) is 22.2. The molecule has 0 radical (unpaired) electrons. The molecule has 0 bridgehead atoms. The first-order chi connectivity index (χ1) is 14.2. The molecule has 0 atom stereocenters. The maximum Gasteiger partial charge on any atom is 1.00 e. The molecular formula is C22H22N5NaO2. The van der Waals surface area contributed by atoms with Crippen LogP contribution in [0.5, 0.6) is 0 Å². The molecule has 1 aliphatic heterocycles. The molecule has 1 aromatic carbocycles. The Kier molecular flexibility index (Phi) is 7.79. The summed E-state index contributed by atoms with van der Waals surface area (Å²) in [6.07, 6.45) is 5.26. The number of carboxylic acid groups (broad SMARTS) is 1. The minimum absolute atomic E-state index is 0. The van der Waals surface area contributed by atoms with Crippen molar-refractivity contribution in [1.29, 1.82) is 0 Å². The number of hydrogen-bond donors (Lipinski definition) is 1. The van der Waals surface area contributed by atoms with Gasteiger partial charge in [0.2, 0.25) is 0 Å². The van der Waals surface area contributed by atoms with Gasteiger partial charge in [0.25, 0.3) is 0 Å². The zero-order valence-electron chi connectivity index (χ0n) is 17.0. The van der Waals surface area contributed by atoms with E-state index in [9.17, 15) is 9.90 Å². The van der Waals surface area contributed by atoms with Crippen molar-refractivity contribution in [3.8, 4) is 11.4 Å². The Morgan fingerprint density at radius 1 is 1.07 bits per heavy atom. The Bertz CT molecular complexity index is 973. The van der Waals surface area contributed by atoms with Crippen LogP contribution in [0.15, 0.2) is 54.9 Å². The molecule has 0 saturated carbocycles. The summed E-state index contributed by atoms with van der Waals surface area (Å²) in [5.74, 6) is 0.886. The Morgan fingerprint density at radius 2 is 1.80 bits per heavy atom. The number of anilines is 2. The number of aliphatic carboxylic acids is 1. The quantitative estimate of drug-likeness (QED) is 0.504. The van der Waals surface area contributed by atoms with Crippen LogP contribution >= 0.6 is 0 Å². The summed E-state index contributed by atoms with van der Waals surface area (Å²) in [4.78, 5) is 26.5. The minimum atomic E-state index is -1.09. The number of carbonyl (C=O) groups excluding carboxylic acids is 1. The Hall–Kier alpha value is -2.48. The van der Waals surface area contributed by atoms with Crippen molar-refractivity contribution in [1.82, 2.24) is 15.0 Å². The molecule has 0 fully saturated rings. The third-order valence-electron chi connectivity index (χ3n) is 5.01. The molecule has 1 N–H and O–H groups in total. The zero-order chi connectivity index (χ0) is 20.1. The molecule has 4 rings (SSSR count). The third kappa shape index (κ3) is 5.56. The first-order valence-electron chi connectivity index (χ1n) is 9.74. The topological polar surface area (TPSA) is 94.1 Å². The van der Waals surface area contributed by atoms with Crippen molar-refractivity contribution in [2.75, 3.05) is 29.9 Å². The standard InChI is InChI=1S/C22H23N5O2.Na/c28-21(29)7-11-24-19-14-20(26-22(25-19)18-6-3-10-23-15-18)27-12-8-16-4-1-2-5-17(16)9-13-27;/h1-6,10,14-15H,7-9,11-13H2,(H,28,29)(H,24,25,26);/q;+1/p-1. The Labute approximate surface area is 197 Å². The summed E-state index contributed by atoms with van der Waals surface area (Å²) in [6.45, 7) is 1.97. The smallest absolute Gasteiger partial charge is 0.550 e. The van der Waals surface area contributed by atoms with E-state index in [-0.39, 0.29) is 42.5 Å². The summed E-state index contributed by atoms with van der Waals surface area (Å²) in [6, 6.07) is 14.2. The van der Waals surface area contributed by atoms with Gasteiger partial charge in [-0.25, -0.2) is 9.97 Å². The van der Waals surface area contributed by atoms with Crippen LogP contribution in [0.25, 0.3) is 11.4 Å². The number of benzene rings is 1. The van der Waals surface area contributed by atoms with Crippen molar-refractivity contribution in [2.24, 2.45) is 0 Å². The van der Waals surface area contributed by atoms with E-state index in [1.54, 1.807) is 12.4 Å². The fourth-order valence-corrected chi connectivity index (χ4v) is 3.50. The van der Waals surface area contributed by atoms with Crippen LogP contribution in [-0.4, -0.2) is 40.6 Å². The van der Waals surface area contributed by atoms with Crippen LogP contribution in [0.2, 0.25) is 0 Å². The van der Waals surface area contributed by atoms with Gasteiger partial charge < -0.3 is 20.1 Å². The maximum atomic E-state index is 10.7. The van der Waals surface area contributed by atoms with Gasteiger partial charge in [-0.05, 0) is 36.1 Å². The predicted molar refractivity (Wildman–Crippen MR) is 109 cm³/mol. The van der Waals surface area contributed by atoms with Crippen molar-refractivity contribution < 1.29 is 39.5 Å². The second-order valence-electron chi connectivity index (χ2n) is 6.98. The number of carbonyl (C=O) groups is 1. The molecule has 7 nitrogen and oxygen atoms in total. The molecule has 8 heteroatoms. The van der Waals surface area contributed by atoms with Crippen molar-refractivity contribution >= 4 is 17.6 Å². The molecule has 3 aromatic rings. The molecule has 148 valence electrons. The van der Waals surface area contributed by atoms with E-state index in [1.807, 2.05) is 18.2 Å². The van der Waals surface area contributed by atoms with Gasteiger partial charge in [-0.3, -0.25) is 4.98 Å². The minimum Gasteiger partial charge on any atom is -0.550 e. The number of nitrogens with zero attached hydrogens (tertiary/aromatic N) is 4. The number of fused-ring (bicyclic) bond motifs is 1. The fourth-order valence-electron chi connectivity index (χ4n) is 3.50. The van der Waals surface area contributed by atoms with Crippen LogP contribution < -0.4 is 44.9 Å². The molecule has 0 amide bonds. The van der Waals surface area contributed by atoms with Crippen molar-refractivity contribution in [3.63, 3.8) is 0 Å². The summed E-state index contributed by atoms with van der Waals surface area (Å²) >= 11 is 0. The van der Waals surface area contributed by atoms with Gasteiger partial charge in [-0.1, -0.05) is 24.3 Å². The van der Waals surface area contributed by atoms with Crippen LogP contribution in [0, 0.1) is 0 Å². The van der Waals surface area contributed by atoms with Gasteiger partial charge in [0.05, 0.1) is 0 Å². The molecule has 30 heavy (non-hydrogen) atoms. The maximum absolute atomic E-state index is 10.7. The molecule has 2 aromatic heterocycles. The average molecular weight is 411 g/mol. The van der Waals surface area contributed by atoms with E-state index >= 15 is 0 Å². The molecule has 3 heterocycles. The summed E-state index contributed by atoms with van der Waals surface area (Å²) < 4.78 is 0.